The van der Waals surface area contributed by atoms with Gasteiger partial charge in [0, 0.05) is 6.07 Å². The molecule has 0 spiro atoms. The topological polar surface area (TPSA) is 74.8 Å². The number of aromatic amines is 1. The van der Waals surface area contributed by atoms with Crippen molar-refractivity contribution in [2.45, 2.75) is 4.90 Å². The van der Waals surface area contributed by atoms with Crippen LogP contribution in [0.3, 0.4) is 0 Å². The molecule has 0 aliphatic rings. The highest BCUT2D eigenvalue weighted by Gasteiger charge is 2.19. The van der Waals surface area contributed by atoms with Crippen LogP contribution in [0.2, 0.25) is 4.34 Å². The van der Waals surface area contributed by atoms with Gasteiger partial charge in [0.2, 0.25) is 0 Å². The molecule has 0 aromatic carbocycles. The van der Waals surface area contributed by atoms with Gasteiger partial charge >= 0.3 is 0 Å². The lowest BCUT2D eigenvalue weighted by atomic mass is 10.7. The van der Waals surface area contributed by atoms with Gasteiger partial charge in [-0.3, -0.25) is 9.82 Å². The van der Waals surface area contributed by atoms with Gasteiger partial charge < -0.3 is 0 Å². The molecule has 0 aliphatic heterocycles. The second-order valence-electron chi connectivity index (χ2n) is 2.63. The van der Waals surface area contributed by atoms with Gasteiger partial charge in [-0.1, -0.05) is 11.6 Å². The molecule has 80 valence electrons. The van der Waals surface area contributed by atoms with Crippen molar-refractivity contribution in [1.29, 1.82) is 0 Å². The fraction of sp³-hybridized carbons (Fsp3) is 0. The van der Waals surface area contributed by atoms with E-state index in [4.69, 9.17) is 11.6 Å². The average Bonchev–Trinajstić information content (AvgIpc) is 2.75. The van der Waals surface area contributed by atoms with Crippen LogP contribution < -0.4 is 4.72 Å². The highest BCUT2D eigenvalue weighted by molar-refractivity contribution is 7.93. The first-order valence-corrected chi connectivity index (χ1v) is 6.59. The molecule has 2 N–H and O–H groups in total. The van der Waals surface area contributed by atoms with E-state index < -0.39 is 10.0 Å². The van der Waals surface area contributed by atoms with Crippen molar-refractivity contribution in [3.8, 4) is 0 Å². The van der Waals surface area contributed by atoms with Crippen molar-refractivity contribution >= 4 is 38.8 Å². The summed E-state index contributed by atoms with van der Waals surface area (Å²) in [6.07, 6.45) is 1.45. The number of nitrogens with zero attached hydrogens (tertiary/aromatic N) is 1. The Balaban J connectivity index is 2.33. The molecule has 0 radical (unpaired) electrons. The Morgan fingerprint density at radius 2 is 2.27 bits per heavy atom. The molecule has 0 saturated heterocycles. The molecular formula is C7H6ClN3O2S2. The standard InChI is InChI=1S/C7H6ClN3O2S2/c8-7-5(2-4-14-7)15(12,13)11-6-1-3-9-10-6/h1-4H,(H2,9,10,11). The minimum Gasteiger partial charge on any atom is -0.264 e. The molecule has 0 saturated carbocycles. The first-order valence-electron chi connectivity index (χ1n) is 3.85. The zero-order chi connectivity index (χ0) is 10.9. The lowest BCUT2D eigenvalue weighted by molar-refractivity contribution is 0.601. The first-order chi connectivity index (χ1) is 7.09. The maximum atomic E-state index is 11.7. The largest absolute Gasteiger partial charge is 0.265 e. The molecule has 8 heteroatoms. The molecule has 0 aliphatic carbocycles. The minimum absolute atomic E-state index is 0.0729. The van der Waals surface area contributed by atoms with Gasteiger partial charge in [-0.15, -0.1) is 11.3 Å². The predicted molar refractivity (Wildman–Crippen MR) is 58.7 cm³/mol. The summed E-state index contributed by atoms with van der Waals surface area (Å²) in [6.45, 7) is 0. The normalized spacial score (nSPS) is 11.5. The highest BCUT2D eigenvalue weighted by atomic mass is 35.5. The van der Waals surface area contributed by atoms with Gasteiger partial charge in [0.15, 0.2) is 0 Å². The fourth-order valence-corrected chi connectivity index (χ4v) is 3.55. The monoisotopic (exact) mass is 263 g/mol. The second-order valence-corrected chi connectivity index (χ2v) is 5.80. The lowest BCUT2D eigenvalue weighted by Gasteiger charge is -2.03. The van der Waals surface area contributed by atoms with Crippen LogP contribution in [-0.4, -0.2) is 18.6 Å². The van der Waals surface area contributed by atoms with Gasteiger partial charge in [0.1, 0.15) is 15.0 Å². The zero-order valence-corrected chi connectivity index (χ0v) is 9.66. The number of hydrogen-bond donors (Lipinski definition) is 2. The van der Waals surface area contributed by atoms with E-state index in [1.165, 1.54) is 18.3 Å². The van der Waals surface area contributed by atoms with Crippen molar-refractivity contribution in [1.82, 2.24) is 10.2 Å². The van der Waals surface area contributed by atoms with E-state index in [1.54, 1.807) is 5.38 Å². The van der Waals surface area contributed by atoms with E-state index >= 15 is 0 Å². The average molecular weight is 264 g/mol. The summed E-state index contributed by atoms with van der Waals surface area (Å²) in [6, 6.07) is 2.96. The Labute approximate surface area is 95.1 Å². The summed E-state index contributed by atoms with van der Waals surface area (Å²) in [5.41, 5.74) is 0. The van der Waals surface area contributed by atoms with E-state index in [1.807, 2.05) is 0 Å². The van der Waals surface area contributed by atoms with E-state index in [-0.39, 0.29) is 9.23 Å². The van der Waals surface area contributed by atoms with Gasteiger partial charge in [0.05, 0.1) is 6.20 Å². The fourth-order valence-electron chi connectivity index (χ4n) is 0.987. The summed E-state index contributed by atoms with van der Waals surface area (Å²) >= 11 is 6.90. The molecule has 0 amide bonds. The number of hydrogen-bond acceptors (Lipinski definition) is 4. The summed E-state index contributed by atoms with van der Waals surface area (Å²) in [5, 5.41) is 7.74. The van der Waals surface area contributed by atoms with Crippen LogP contribution in [0.1, 0.15) is 0 Å². The third kappa shape index (κ3) is 2.14. The molecule has 2 heterocycles. The maximum absolute atomic E-state index is 11.7. The van der Waals surface area contributed by atoms with Crippen LogP contribution in [0.4, 0.5) is 5.82 Å². The van der Waals surface area contributed by atoms with Crippen molar-refractivity contribution in [2.24, 2.45) is 0 Å². The van der Waals surface area contributed by atoms with Crippen molar-refractivity contribution in [2.75, 3.05) is 4.72 Å². The smallest absolute Gasteiger partial charge is 0.264 e. The molecule has 2 aromatic heterocycles. The Hall–Kier alpha value is -1.05. The van der Waals surface area contributed by atoms with Crippen molar-refractivity contribution in [3.63, 3.8) is 0 Å². The van der Waals surface area contributed by atoms with Crippen LogP contribution in [0, 0.1) is 0 Å². The number of aromatic nitrogens is 2. The van der Waals surface area contributed by atoms with Crippen LogP contribution >= 0.6 is 22.9 Å². The highest BCUT2D eigenvalue weighted by Crippen LogP contribution is 2.28. The Bertz CT molecular complexity index is 547. The number of nitrogens with one attached hydrogen (secondary N) is 2. The van der Waals surface area contributed by atoms with E-state index in [9.17, 15) is 8.42 Å². The number of rotatable bonds is 3. The van der Waals surface area contributed by atoms with Gasteiger partial charge in [-0.25, -0.2) is 8.42 Å². The van der Waals surface area contributed by atoms with E-state index in [0.29, 0.717) is 5.82 Å². The first kappa shape index (κ1) is 10.5. The van der Waals surface area contributed by atoms with Gasteiger partial charge in [0.25, 0.3) is 10.0 Å². The summed E-state index contributed by atoms with van der Waals surface area (Å²) in [4.78, 5) is 0.0729. The third-order valence-corrected chi connectivity index (χ3v) is 4.44. The molecular weight excluding hydrogens is 258 g/mol. The molecule has 0 unspecified atom stereocenters. The van der Waals surface area contributed by atoms with Gasteiger partial charge in [-0.2, -0.15) is 5.10 Å². The summed E-state index contributed by atoms with van der Waals surface area (Å²) in [5.74, 6) is 0.303. The van der Waals surface area contributed by atoms with Crippen LogP contribution in [-0.2, 0) is 10.0 Å². The Kier molecular flexibility index (Phi) is 2.68. The predicted octanol–water partition coefficient (Wildman–Crippen LogP) is 1.93. The number of anilines is 1. The molecule has 2 rings (SSSR count). The van der Waals surface area contributed by atoms with E-state index in [0.717, 1.165) is 11.3 Å². The van der Waals surface area contributed by atoms with E-state index in [2.05, 4.69) is 14.9 Å². The van der Waals surface area contributed by atoms with Crippen LogP contribution in [0.5, 0.6) is 0 Å². The Morgan fingerprint density at radius 3 is 2.80 bits per heavy atom. The Morgan fingerprint density at radius 1 is 1.47 bits per heavy atom. The maximum Gasteiger partial charge on any atom is 0.265 e. The van der Waals surface area contributed by atoms with Crippen molar-refractivity contribution in [3.05, 3.63) is 28.0 Å². The van der Waals surface area contributed by atoms with Crippen LogP contribution in [0.25, 0.3) is 0 Å². The van der Waals surface area contributed by atoms with Gasteiger partial charge in [-0.05, 0) is 11.4 Å². The summed E-state index contributed by atoms with van der Waals surface area (Å²) < 4.78 is 26.0. The molecule has 0 fully saturated rings. The molecule has 5 nitrogen and oxygen atoms in total. The number of thiophene rings is 1. The number of halogens is 1. The SMILES string of the molecule is O=S(=O)(Nc1ccn[nH]1)c1ccsc1Cl. The minimum atomic E-state index is -3.61. The second kappa shape index (κ2) is 3.84. The quantitative estimate of drug-likeness (QED) is 0.888. The van der Waals surface area contributed by atoms with Crippen LogP contribution in [0.15, 0.2) is 28.6 Å². The molecule has 2 aromatic rings. The number of sulfonamides is 1. The molecule has 0 bridgehead atoms. The summed E-state index contributed by atoms with van der Waals surface area (Å²) in [7, 11) is -3.61. The number of H-pyrrole nitrogens is 1. The lowest BCUT2D eigenvalue weighted by Crippen LogP contribution is -2.12. The zero-order valence-electron chi connectivity index (χ0n) is 7.27. The molecule has 15 heavy (non-hydrogen) atoms. The van der Waals surface area contributed by atoms with Crippen molar-refractivity contribution < 1.29 is 8.42 Å². The third-order valence-electron chi connectivity index (χ3n) is 1.62. The molecule has 0 atom stereocenters.